The maximum absolute atomic E-state index is 11.2. The SMILES string of the molecule is C=CC1CNC(C(=O)OCC)C1. The summed E-state index contributed by atoms with van der Waals surface area (Å²) in [7, 11) is 0. The van der Waals surface area contributed by atoms with E-state index in [0.717, 1.165) is 13.0 Å². The lowest BCUT2D eigenvalue weighted by atomic mass is 10.1. The molecule has 0 bridgehead atoms. The van der Waals surface area contributed by atoms with E-state index in [1.54, 1.807) is 0 Å². The molecule has 0 saturated carbocycles. The van der Waals surface area contributed by atoms with Gasteiger partial charge in [-0.25, -0.2) is 0 Å². The van der Waals surface area contributed by atoms with Crippen LogP contribution in [0, 0.1) is 5.92 Å². The van der Waals surface area contributed by atoms with Gasteiger partial charge in [-0.15, -0.1) is 6.58 Å². The van der Waals surface area contributed by atoms with Gasteiger partial charge in [0.25, 0.3) is 0 Å². The molecule has 3 heteroatoms. The molecule has 3 nitrogen and oxygen atoms in total. The Morgan fingerprint density at radius 2 is 2.58 bits per heavy atom. The van der Waals surface area contributed by atoms with Gasteiger partial charge in [0.1, 0.15) is 6.04 Å². The summed E-state index contributed by atoms with van der Waals surface area (Å²) in [5.74, 6) is 0.279. The van der Waals surface area contributed by atoms with Crippen LogP contribution in [0.15, 0.2) is 12.7 Å². The number of hydrogen-bond acceptors (Lipinski definition) is 3. The van der Waals surface area contributed by atoms with Crippen LogP contribution < -0.4 is 5.32 Å². The summed E-state index contributed by atoms with van der Waals surface area (Å²) in [6, 6.07) is -0.118. The predicted octanol–water partition coefficient (Wildman–Crippen LogP) is 0.714. The minimum absolute atomic E-state index is 0.118. The van der Waals surface area contributed by atoms with Crippen LogP contribution in [0.2, 0.25) is 0 Å². The van der Waals surface area contributed by atoms with Gasteiger partial charge >= 0.3 is 5.97 Å². The molecule has 0 aliphatic carbocycles. The molecule has 1 aliphatic heterocycles. The molecule has 0 aromatic carbocycles. The number of ether oxygens (including phenoxy) is 1. The van der Waals surface area contributed by atoms with Crippen molar-refractivity contribution in [1.82, 2.24) is 5.32 Å². The number of carbonyl (C=O) groups is 1. The van der Waals surface area contributed by atoms with E-state index in [0.29, 0.717) is 12.5 Å². The van der Waals surface area contributed by atoms with Crippen molar-refractivity contribution in [2.24, 2.45) is 5.92 Å². The molecular weight excluding hydrogens is 154 g/mol. The van der Waals surface area contributed by atoms with E-state index < -0.39 is 0 Å². The molecule has 0 aromatic rings. The van der Waals surface area contributed by atoms with Crippen molar-refractivity contribution in [3.05, 3.63) is 12.7 Å². The zero-order valence-electron chi connectivity index (χ0n) is 7.38. The average Bonchev–Trinajstić information content (AvgIpc) is 2.52. The van der Waals surface area contributed by atoms with E-state index in [1.807, 2.05) is 13.0 Å². The van der Waals surface area contributed by atoms with Crippen molar-refractivity contribution >= 4 is 5.97 Å². The van der Waals surface area contributed by atoms with Gasteiger partial charge in [0.2, 0.25) is 0 Å². The number of hydrogen-bond donors (Lipinski definition) is 1. The molecule has 12 heavy (non-hydrogen) atoms. The second-order valence-corrected chi connectivity index (χ2v) is 2.94. The third-order valence-corrected chi connectivity index (χ3v) is 2.07. The standard InChI is InChI=1S/C9H15NO2/c1-3-7-5-8(10-6-7)9(11)12-4-2/h3,7-8,10H,1,4-6H2,2H3. The Balaban J connectivity index is 2.35. The molecule has 1 N–H and O–H groups in total. The summed E-state index contributed by atoms with van der Waals surface area (Å²) in [6.45, 7) is 6.80. The molecule has 2 atom stereocenters. The number of esters is 1. The van der Waals surface area contributed by atoms with Gasteiger partial charge in [0, 0.05) is 6.54 Å². The smallest absolute Gasteiger partial charge is 0.323 e. The van der Waals surface area contributed by atoms with Crippen LogP contribution in [-0.4, -0.2) is 25.2 Å². The zero-order valence-corrected chi connectivity index (χ0v) is 7.38. The van der Waals surface area contributed by atoms with Crippen LogP contribution in [0.5, 0.6) is 0 Å². The van der Waals surface area contributed by atoms with E-state index >= 15 is 0 Å². The predicted molar refractivity (Wildman–Crippen MR) is 46.7 cm³/mol. The van der Waals surface area contributed by atoms with Crippen molar-refractivity contribution < 1.29 is 9.53 Å². The third kappa shape index (κ3) is 2.08. The van der Waals surface area contributed by atoms with Gasteiger partial charge in [0.15, 0.2) is 0 Å². The molecule has 0 amide bonds. The fraction of sp³-hybridized carbons (Fsp3) is 0.667. The van der Waals surface area contributed by atoms with Crippen LogP contribution in [-0.2, 0) is 9.53 Å². The van der Waals surface area contributed by atoms with Crippen molar-refractivity contribution in [3.63, 3.8) is 0 Å². The second kappa shape index (κ2) is 4.26. The summed E-state index contributed by atoms with van der Waals surface area (Å²) in [5, 5.41) is 3.10. The zero-order chi connectivity index (χ0) is 8.97. The average molecular weight is 169 g/mol. The minimum Gasteiger partial charge on any atom is -0.465 e. The normalized spacial score (nSPS) is 28.4. The lowest BCUT2D eigenvalue weighted by Gasteiger charge is -2.07. The van der Waals surface area contributed by atoms with E-state index in [1.165, 1.54) is 0 Å². The van der Waals surface area contributed by atoms with Gasteiger partial charge < -0.3 is 10.1 Å². The highest BCUT2D eigenvalue weighted by atomic mass is 16.5. The van der Waals surface area contributed by atoms with E-state index in [9.17, 15) is 4.79 Å². The Bertz CT molecular complexity index is 179. The lowest BCUT2D eigenvalue weighted by molar-refractivity contribution is -0.145. The van der Waals surface area contributed by atoms with Crippen LogP contribution >= 0.6 is 0 Å². The van der Waals surface area contributed by atoms with Crippen LogP contribution in [0.25, 0.3) is 0 Å². The third-order valence-electron chi connectivity index (χ3n) is 2.07. The van der Waals surface area contributed by atoms with E-state index in [2.05, 4.69) is 11.9 Å². The Labute approximate surface area is 72.8 Å². The maximum Gasteiger partial charge on any atom is 0.323 e. The Hall–Kier alpha value is -0.830. The van der Waals surface area contributed by atoms with Crippen LogP contribution in [0.1, 0.15) is 13.3 Å². The number of nitrogens with one attached hydrogen (secondary N) is 1. The largest absolute Gasteiger partial charge is 0.465 e. The van der Waals surface area contributed by atoms with Crippen LogP contribution in [0.4, 0.5) is 0 Å². The van der Waals surface area contributed by atoms with Gasteiger partial charge in [-0.3, -0.25) is 4.79 Å². The number of rotatable bonds is 3. The molecule has 0 spiro atoms. The highest BCUT2D eigenvalue weighted by Crippen LogP contribution is 2.15. The first-order valence-electron chi connectivity index (χ1n) is 4.30. The monoisotopic (exact) mass is 169 g/mol. The first-order valence-corrected chi connectivity index (χ1v) is 4.30. The molecule has 1 rings (SSSR count). The Kier molecular flexibility index (Phi) is 3.29. The van der Waals surface area contributed by atoms with Gasteiger partial charge in [-0.05, 0) is 19.3 Å². The summed E-state index contributed by atoms with van der Waals surface area (Å²) in [6.07, 6.45) is 2.70. The van der Waals surface area contributed by atoms with Crippen molar-refractivity contribution in [2.75, 3.05) is 13.2 Å². The topological polar surface area (TPSA) is 38.3 Å². The minimum atomic E-state index is -0.137. The van der Waals surface area contributed by atoms with E-state index in [-0.39, 0.29) is 12.0 Å². The Morgan fingerprint density at radius 3 is 3.08 bits per heavy atom. The van der Waals surface area contributed by atoms with E-state index in [4.69, 9.17) is 4.74 Å². The van der Waals surface area contributed by atoms with Gasteiger partial charge in [-0.2, -0.15) is 0 Å². The van der Waals surface area contributed by atoms with Gasteiger partial charge in [-0.1, -0.05) is 6.08 Å². The van der Waals surface area contributed by atoms with Gasteiger partial charge in [0.05, 0.1) is 6.61 Å². The fourth-order valence-electron chi connectivity index (χ4n) is 1.37. The second-order valence-electron chi connectivity index (χ2n) is 2.94. The van der Waals surface area contributed by atoms with Crippen molar-refractivity contribution in [1.29, 1.82) is 0 Å². The molecule has 68 valence electrons. The Morgan fingerprint density at radius 1 is 1.83 bits per heavy atom. The van der Waals surface area contributed by atoms with Crippen molar-refractivity contribution in [2.45, 2.75) is 19.4 Å². The summed E-state index contributed by atoms with van der Waals surface area (Å²) < 4.78 is 4.88. The molecule has 1 fully saturated rings. The highest BCUT2D eigenvalue weighted by Gasteiger charge is 2.28. The molecule has 2 unspecified atom stereocenters. The molecule has 1 saturated heterocycles. The highest BCUT2D eigenvalue weighted by molar-refractivity contribution is 5.76. The molecular formula is C9H15NO2. The fourth-order valence-corrected chi connectivity index (χ4v) is 1.37. The lowest BCUT2D eigenvalue weighted by Crippen LogP contribution is -2.32. The maximum atomic E-state index is 11.2. The first kappa shape index (κ1) is 9.26. The number of carbonyl (C=O) groups excluding carboxylic acids is 1. The molecule has 1 heterocycles. The van der Waals surface area contributed by atoms with Crippen LogP contribution in [0.3, 0.4) is 0 Å². The molecule has 0 aromatic heterocycles. The molecule has 0 radical (unpaired) electrons. The summed E-state index contributed by atoms with van der Waals surface area (Å²) in [4.78, 5) is 11.2. The summed E-state index contributed by atoms with van der Waals surface area (Å²) >= 11 is 0. The summed E-state index contributed by atoms with van der Waals surface area (Å²) in [5.41, 5.74) is 0. The molecule has 1 aliphatic rings. The first-order chi connectivity index (χ1) is 5.77. The quantitative estimate of drug-likeness (QED) is 0.499. The van der Waals surface area contributed by atoms with Crippen molar-refractivity contribution in [3.8, 4) is 0 Å².